The lowest BCUT2D eigenvalue weighted by molar-refractivity contribution is -0.119. The molecule has 2 aromatic carbocycles. The summed E-state index contributed by atoms with van der Waals surface area (Å²) in [5, 5.41) is 0. The maximum Gasteiger partial charge on any atom is 0.338 e. The van der Waals surface area contributed by atoms with Crippen LogP contribution in [0.15, 0.2) is 48.5 Å². The third-order valence-electron chi connectivity index (χ3n) is 4.81. The highest BCUT2D eigenvalue weighted by molar-refractivity contribution is 5.95. The molecule has 3 aromatic rings. The summed E-state index contributed by atoms with van der Waals surface area (Å²) in [5.41, 5.74) is 3.02. The zero-order valence-corrected chi connectivity index (χ0v) is 15.1. The molecular formula is C21H21N3O3. The predicted octanol–water partition coefficient (Wildman–Crippen LogP) is 4.00. The number of piperidine rings is 1. The maximum absolute atomic E-state index is 12.5. The Bertz CT molecular complexity index is 945. The number of esters is 1. The summed E-state index contributed by atoms with van der Waals surface area (Å²) in [6.45, 7) is 2.52. The molecule has 6 nitrogen and oxygen atoms in total. The van der Waals surface area contributed by atoms with E-state index < -0.39 is 12.1 Å². The maximum atomic E-state index is 12.5. The van der Waals surface area contributed by atoms with E-state index in [4.69, 9.17) is 4.74 Å². The van der Waals surface area contributed by atoms with Crippen LogP contribution in [0.1, 0.15) is 48.5 Å². The molecule has 1 aromatic heterocycles. The third kappa shape index (κ3) is 3.56. The Kier molecular flexibility index (Phi) is 4.62. The zero-order chi connectivity index (χ0) is 18.8. The van der Waals surface area contributed by atoms with Crippen LogP contribution >= 0.6 is 0 Å². The summed E-state index contributed by atoms with van der Waals surface area (Å²) < 4.78 is 5.55. The highest BCUT2D eigenvalue weighted by Gasteiger charge is 2.21. The first-order valence-electron chi connectivity index (χ1n) is 9.18. The van der Waals surface area contributed by atoms with Crippen LogP contribution in [0.2, 0.25) is 0 Å². The molecule has 1 amide bonds. The molecule has 0 radical (unpaired) electrons. The first-order valence-corrected chi connectivity index (χ1v) is 9.18. The van der Waals surface area contributed by atoms with Crippen molar-refractivity contribution in [3.05, 3.63) is 59.9 Å². The van der Waals surface area contributed by atoms with Crippen molar-refractivity contribution >= 4 is 28.6 Å². The third-order valence-corrected chi connectivity index (χ3v) is 4.81. The Labute approximate surface area is 157 Å². The number of rotatable bonds is 4. The molecule has 4 rings (SSSR count). The van der Waals surface area contributed by atoms with E-state index in [1.54, 1.807) is 36.1 Å². The van der Waals surface area contributed by atoms with Gasteiger partial charge in [0.05, 0.1) is 16.6 Å². The van der Waals surface area contributed by atoms with Gasteiger partial charge in [0.15, 0.2) is 6.10 Å². The normalized spacial score (nSPS) is 15.7. The Balaban J connectivity index is 1.45. The van der Waals surface area contributed by atoms with Gasteiger partial charge in [0.1, 0.15) is 5.82 Å². The number of nitrogens with one attached hydrogen (secondary N) is 1. The lowest BCUT2D eigenvalue weighted by atomic mass is 10.1. The van der Waals surface area contributed by atoms with Crippen LogP contribution in [0.4, 0.5) is 5.69 Å². The first kappa shape index (κ1) is 17.3. The van der Waals surface area contributed by atoms with Crippen LogP contribution in [0, 0.1) is 0 Å². The van der Waals surface area contributed by atoms with Gasteiger partial charge < -0.3 is 14.6 Å². The van der Waals surface area contributed by atoms with Gasteiger partial charge in [-0.05, 0) is 56.2 Å². The Hall–Kier alpha value is -3.15. The number of amides is 1. The lowest BCUT2D eigenvalue weighted by Gasteiger charge is -2.26. The van der Waals surface area contributed by atoms with Crippen molar-refractivity contribution in [1.29, 1.82) is 0 Å². The van der Waals surface area contributed by atoms with E-state index in [2.05, 4.69) is 9.97 Å². The van der Waals surface area contributed by atoms with Crippen LogP contribution in [0.3, 0.4) is 0 Å². The van der Waals surface area contributed by atoms with Gasteiger partial charge in [-0.3, -0.25) is 4.79 Å². The van der Waals surface area contributed by atoms with Gasteiger partial charge in [-0.25, -0.2) is 9.78 Å². The fourth-order valence-electron chi connectivity index (χ4n) is 3.31. The number of aromatic amines is 1. The number of imidazole rings is 1. The van der Waals surface area contributed by atoms with Crippen LogP contribution in [-0.4, -0.2) is 28.4 Å². The number of para-hydroxylation sites is 2. The number of carbonyl (C=O) groups is 2. The first-order chi connectivity index (χ1) is 13.1. The summed E-state index contributed by atoms with van der Waals surface area (Å²) in [6, 6.07) is 14.7. The average Bonchev–Trinajstić information content (AvgIpc) is 3.13. The van der Waals surface area contributed by atoms with E-state index in [1.807, 2.05) is 24.3 Å². The van der Waals surface area contributed by atoms with Gasteiger partial charge in [-0.15, -0.1) is 0 Å². The number of hydrogen-bond acceptors (Lipinski definition) is 4. The van der Waals surface area contributed by atoms with E-state index in [0.29, 0.717) is 17.8 Å². The van der Waals surface area contributed by atoms with Gasteiger partial charge in [-0.2, -0.15) is 0 Å². The number of anilines is 1. The SMILES string of the molecule is C[C@@H](OC(=O)c1ccc(N2CCCCC2=O)cc1)c1nc2ccccc2[nH]1. The molecule has 0 bridgehead atoms. The van der Waals surface area contributed by atoms with Crippen molar-refractivity contribution in [2.75, 3.05) is 11.4 Å². The Morgan fingerprint density at radius 2 is 1.93 bits per heavy atom. The van der Waals surface area contributed by atoms with E-state index >= 15 is 0 Å². The molecule has 1 saturated heterocycles. The topological polar surface area (TPSA) is 75.3 Å². The van der Waals surface area contributed by atoms with E-state index in [-0.39, 0.29) is 5.91 Å². The number of H-pyrrole nitrogens is 1. The summed E-state index contributed by atoms with van der Waals surface area (Å²) in [7, 11) is 0. The quantitative estimate of drug-likeness (QED) is 0.711. The highest BCUT2D eigenvalue weighted by Crippen LogP contribution is 2.23. The van der Waals surface area contributed by atoms with Gasteiger partial charge in [0.2, 0.25) is 5.91 Å². The van der Waals surface area contributed by atoms with Gasteiger partial charge >= 0.3 is 5.97 Å². The number of fused-ring (bicyclic) bond motifs is 1. The summed E-state index contributed by atoms with van der Waals surface area (Å²) >= 11 is 0. The highest BCUT2D eigenvalue weighted by atomic mass is 16.5. The van der Waals surface area contributed by atoms with Crippen LogP contribution in [0.25, 0.3) is 11.0 Å². The molecule has 1 aliphatic heterocycles. The van der Waals surface area contributed by atoms with Crippen molar-refractivity contribution in [2.24, 2.45) is 0 Å². The van der Waals surface area contributed by atoms with Gasteiger partial charge in [-0.1, -0.05) is 12.1 Å². The van der Waals surface area contributed by atoms with Crippen molar-refractivity contribution in [3.63, 3.8) is 0 Å². The van der Waals surface area contributed by atoms with Gasteiger partial charge in [0, 0.05) is 18.7 Å². The molecule has 1 fully saturated rings. The molecule has 27 heavy (non-hydrogen) atoms. The zero-order valence-electron chi connectivity index (χ0n) is 15.1. The summed E-state index contributed by atoms with van der Waals surface area (Å²) in [6.07, 6.45) is 2.04. The minimum Gasteiger partial charge on any atom is -0.451 e. The van der Waals surface area contributed by atoms with Crippen LogP contribution in [-0.2, 0) is 9.53 Å². The number of nitrogens with zero attached hydrogens (tertiary/aromatic N) is 2. The summed E-state index contributed by atoms with van der Waals surface area (Å²) in [5.74, 6) is 0.328. The molecular weight excluding hydrogens is 342 g/mol. The van der Waals surface area contributed by atoms with Crippen molar-refractivity contribution < 1.29 is 14.3 Å². The largest absolute Gasteiger partial charge is 0.451 e. The molecule has 0 spiro atoms. The standard InChI is InChI=1S/C21H21N3O3/c1-14(20-22-17-6-2-3-7-18(17)23-20)27-21(26)15-9-11-16(12-10-15)24-13-5-4-8-19(24)25/h2-3,6-7,9-12,14H,4-5,8,13H2,1H3,(H,22,23)/t14-/m1/s1. The van der Waals surface area contributed by atoms with Crippen LogP contribution in [0.5, 0.6) is 0 Å². The fourth-order valence-corrected chi connectivity index (χ4v) is 3.31. The number of benzene rings is 2. The molecule has 0 aliphatic carbocycles. The monoisotopic (exact) mass is 363 g/mol. The van der Waals surface area contributed by atoms with E-state index in [9.17, 15) is 9.59 Å². The second-order valence-corrected chi connectivity index (χ2v) is 6.74. The van der Waals surface area contributed by atoms with E-state index in [1.165, 1.54) is 0 Å². The number of aromatic nitrogens is 2. The minimum absolute atomic E-state index is 0.134. The fraction of sp³-hybridized carbons (Fsp3) is 0.286. The average molecular weight is 363 g/mol. The molecule has 1 atom stereocenters. The lowest BCUT2D eigenvalue weighted by Crippen LogP contribution is -2.35. The number of carbonyl (C=O) groups excluding carboxylic acids is 2. The molecule has 138 valence electrons. The molecule has 6 heteroatoms. The predicted molar refractivity (Wildman–Crippen MR) is 103 cm³/mol. The van der Waals surface area contributed by atoms with Crippen molar-refractivity contribution in [2.45, 2.75) is 32.3 Å². The summed E-state index contributed by atoms with van der Waals surface area (Å²) in [4.78, 5) is 33.9. The number of ether oxygens (including phenoxy) is 1. The minimum atomic E-state index is -0.492. The Morgan fingerprint density at radius 3 is 2.67 bits per heavy atom. The molecule has 2 heterocycles. The second-order valence-electron chi connectivity index (χ2n) is 6.74. The number of hydrogen-bond donors (Lipinski definition) is 1. The Morgan fingerprint density at radius 1 is 1.15 bits per heavy atom. The van der Waals surface area contributed by atoms with E-state index in [0.717, 1.165) is 36.1 Å². The van der Waals surface area contributed by atoms with Crippen molar-refractivity contribution in [3.8, 4) is 0 Å². The smallest absolute Gasteiger partial charge is 0.338 e. The van der Waals surface area contributed by atoms with Crippen molar-refractivity contribution in [1.82, 2.24) is 9.97 Å². The van der Waals surface area contributed by atoms with Crippen LogP contribution < -0.4 is 4.90 Å². The second kappa shape index (κ2) is 7.23. The molecule has 1 N–H and O–H groups in total. The van der Waals surface area contributed by atoms with Gasteiger partial charge in [0.25, 0.3) is 0 Å². The molecule has 0 saturated carbocycles. The molecule has 1 aliphatic rings. The molecule has 0 unspecified atom stereocenters.